The summed E-state index contributed by atoms with van der Waals surface area (Å²) < 4.78 is 40.2. The van der Waals surface area contributed by atoms with Gasteiger partial charge in [-0.15, -0.1) is 5.10 Å². The summed E-state index contributed by atoms with van der Waals surface area (Å²) in [4.78, 5) is 19.2. The van der Waals surface area contributed by atoms with E-state index in [0.717, 1.165) is 11.4 Å². The Morgan fingerprint density at radius 3 is 2.56 bits per heavy atom. The van der Waals surface area contributed by atoms with Crippen LogP contribution in [-0.4, -0.2) is 39.5 Å². The second-order valence-electron chi connectivity index (χ2n) is 5.44. The summed E-state index contributed by atoms with van der Waals surface area (Å²) in [5, 5.41) is 5.54. The second-order valence-corrected chi connectivity index (χ2v) is 5.44. The molecule has 0 atom stereocenters. The molecule has 0 fully saturated rings. The first-order valence-corrected chi connectivity index (χ1v) is 7.20. The largest absolute Gasteiger partial charge is 0.453 e. The molecule has 128 valence electrons. The van der Waals surface area contributed by atoms with E-state index in [2.05, 4.69) is 35.1 Å². The quantitative estimate of drug-likeness (QED) is 0.580. The topological polar surface area (TPSA) is 100 Å². The molecule has 2 N–H and O–H groups in total. The Morgan fingerprint density at radius 2 is 1.92 bits per heavy atom. The third-order valence-electron chi connectivity index (χ3n) is 3.61. The van der Waals surface area contributed by atoms with Crippen molar-refractivity contribution >= 4 is 5.78 Å². The van der Waals surface area contributed by atoms with Crippen LogP contribution in [0.15, 0.2) is 18.6 Å². The number of aromatic nitrogens is 8. The lowest BCUT2D eigenvalue weighted by atomic mass is 10.2. The van der Waals surface area contributed by atoms with Crippen LogP contribution < -0.4 is 0 Å². The zero-order valence-corrected chi connectivity index (χ0v) is 13.0. The van der Waals surface area contributed by atoms with Crippen LogP contribution in [0, 0.1) is 13.8 Å². The van der Waals surface area contributed by atoms with Crippen molar-refractivity contribution < 1.29 is 13.2 Å². The lowest BCUT2D eigenvalue weighted by Crippen LogP contribution is -2.07. The van der Waals surface area contributed by atoms with Gasteiger partial charge in [-0.05, 0) is 19.9 Å². The molecule has 4 rings (SSSR count). The van der Waals surface area contributed by atoms with Crippen LogP contribution in [0.2, 0.25) is 0 Å². The Labute approximate surface area is 138 Å². The van der Waals surface area contributed by atoms with Gasteiger partial charge >= 0.3 is 6.18 Å². The minimum absolute atomic E-state index is 0.104. The van der Waals surface area contributed by atoms with Crippen LogP contribution in [0.5, 0.6) is 0 Å². The van der Waals surface area contributed by atoms with Gasteiger partial charge in [0.25, 0.3) is 5.82 Å². The molecule has 25 heavy (non-hydrogen) atoms. The molecule has 0 aliphatic heterocycles. The molecule has 0 bridgehead atoms. The molecule has 4 aromatic heterocycles. The average molecular weight is 348 g/mol. The molecular weight excluding hydrogens is 337 g/mol. The van der Waals surface area contributed by atoms with Crippen LogP contribution in [0.3, 0.4) is 0 Å². The lowest BCUT2D eigenvalue weighted by Gasteiger charge is -2.04. The summed E-state index contributed by atoms with van der Waals surface area (Å²) >= 11 is 0. The highest BCUT2D eigenvalue weighted by molar-refractivity contribution is 5.76. The molecule has 11 heteroatoms. The highest BCUT2D eigenvalue weighted by atomic mass is 19.4. The Balaban J connectivity index is 2.02. The van der Waals surface area contributed by atoms with Crippen LogP contribution in [-0.2, 0) is 6.18 Å². The number of H-pyrrole nitrogens is 2. The molecule has 0 spiro atoms. The Kier molecular flexibility index (Phi) is 3.14. The van der Waals surface area contributed by atoms with Crippen molar-refractivity contribution in [2.75, 3.05) is 0 Å². The van der Waals surface area contributed by atoms with E-state index in [0.29, 0.717) is 17.2 Å². The molecule has 0 saturated heterocycles. The molecule has 0 radical (unpaired) electrons. The Hall–Kier alpha value is -3.24. The molecule has 0 aliphatic rings. The van der Waals surface area contributed by atoms with Crippen molar-refractivity contribution in [3.63, 3.8) is 0 Å². The fourth-order valence-electron chi connectivity index (χ4n) is 2.66. The van der Waals surface area contributed by atoms with Gasteiger partial charge in [0.15, 0.2) is 5.82 Å². The number of imidazole rings is 2. The van der Waals surface area contributed by atoms with Gasteiger partial charge in [0.2, 0.25) is 5.78 Å². The number of aryl methyl sites for hydroxylation is 2. The minimum Gasteiger partial charge on any atom is -0.351 e. The highest BCUT2D eigenvalue weighted by Crippen LogP contribution is 2.32. The van der Waals surface area contributed by atoms with Crippen LogP contribution in [0.1, 0.15) is 17.2 Å². The van der Waals surface area contributed by atoms with Crippen molar-refractivity contribution in [1.29, 1.82) is 0 Å². The fraction of sp³-hybridized carbons (Fsp3) is 0.214. The molecule has 0 unspecified atom stereocenters. The van der Waals surface area contributed by atoms with Crippen molar-refractivity contribution in [3.05, 3.63) is 35.8 Å². The SMILES string of the molecule is Cc1cc(C)n2c(-c3c[nH]cn3)c(-c3nc(C(F)(F)F)n[nH]3)nc2n1. The van der Waals surface area contributed by atoms with Crippen molar-refractivity contribution in [2.45, 2.75) is 20.0 Å². The number of fused-ring (bicyclic) bond motifs is 1. The van der Waals surface area contributed by atoms with Crippen LogP contribution in [0.25, 0.3) is 28.7 Å². The molecule has 0 amide bonds. The number of aromatic amines is 2. The number of alkyl halides is 3. The first-order chi connectivity index (χ1) is 11.8. The van der Waals surface area contributed by atoms with Crippen LogP contribution >= 0.6 is 0 Å². The third-order valence-corrected chi connectivity index (χ3v) is 3.61. The van der Waals surface area contributed by atoms with Gasteiger partial charge in [-0.25, -0.2) is 19.9 Å². The number of rotatable bonds is 2. The van der Waals surface area contributed by atoms with E-state index in [9.17, 15) is 13.2 Å². The van der Waals surface area contributed by atoms with E-state index in [1.807, 2.05) is 19.9 Å². The van der Waals surface area contributed by atoms with E-state index in [1.54, 1.807) is 10.6 Å². The molecule has 0 aromatic carbocycles. The maximum absolute atomic E-state index is 12.8. The van der Waals surface area contributed by atoms with E-state index < -0.39 is 12.0 Å². The number of nitrogens with one attached hydrogen (secondary N) is 2. The molecule has 4 aromatic rings. The summed E-state index contributed by atoms with van der Waals surface area (Å²) in [6.07, 6.45) is -1.56. The standard InChI is InChI=1S/C14H11F3N8/c1-6-3-7(2)25-10(8-4-18-5-19-8)9(21-13(25)20-6)11-22-12(24-23-11)14(15,16)17/h3-5H,1-2H3,(H,18,19)(H,22,23,24). The Bertz CT molecular complexity index is 1060. The summed E-state index contributed by atoms with van der Waals surface area (Å²) in [6.45, 7) is 3.66. The fourth-order valence-corrected chi connectivity index (χ4v) is 2.66. The predicted molar refractivity (Wildman–Crippen MR) is 80.4 cm³/mol. The third kappa shape index (κ3) is 2.44. The number of halogens is 3. The van der Waals surface area contributed by atoms with E-state index in [4.69, 9.17) is 0 Å². The number of hydrogen-bond donors (Lipinski definition) is 2. The van der Waals surface area contributed by atoms with Crippen molar-refractivity contribution in [1.82, 2.24) is 39.5 Å². The maximum Gasteiger partial charge on any atom is 0.453 e. The van der Waals surface area contributed by atoms with E-state index in [1.165, 1.54) is 6.33 Å². The van der Waals surface area contributed by atoms with Crippen LogP contribution in [0.4, 0.5) is 13.2 Å². The molecule has 8 nitrogen and oxygen atoms in total. The smallest absolute Gasteiger partial charge is 0.351 e. The predicted octanol–water partition coefficient (Wildman–Crippen LogP) is 2.54. The first kappa shape index (κ1) is 15.3. The van der Waals surface area contributed by atoms with E-state index >= 15 is 0 Å². The molecule has 0 saturated carbocycles. The van der Waals surface area contributed by atoms with Gasteiger partial charge in [-0.1, -0.05) is 0 Å². The average Bonchev–Trinajstić information content (AvgIpc) is 3.24. The zero-order valence-electron chi connectivity index (χ0n) is 13.0. The van der Waals surface area contributed by atoms with Crippen molar-refractivity contribution in [3.8, 4) is 22.9 Å². The molecule has 0 aliphatic carbocycles. The Morgan fingerprint density at radius 1 is 1.12 bits per heavy atom. The minimum atomic E-state index is -4.65. The van der Waals surface area contributed by atoms with Gasteiger partial charge in [0, 0.05) is 17.6 Å². The molecular formula is C14H11F3N8. The van der Waals surface area contributed by atoms with Crippen molar-refractivity contribution in [2.24, 2.45) is 0 Å². The molecule has 4 heterocycles. The summed E-state index contributed by atoms with van der Waals surface area (Å²) in [7, 11) is 0. The highest BCUT2D eigenvalue weighted by Gasteiger charge is 2.37. The van der Waals surface area contributed by atoms with E-state index in [-0.39, 0.29) is 11.5 Å². The lowest BCUT2D eigenvalue weighted by molar-refractivity contribution is -0.144. The monoisotopic (exact) mass is 348 g/mol. The summed E-state index contributed by atoms with van der Waals surface area (Å²) in [5.74, 6) is -1.02. The van der Waals surface area contributed by atoms with Gasteiger partial charge in [-0.3, -0.25) is 9.50 Å². The maximum atomic E-state index is 12.8. The zero-order chi connectivity index (χ0) is 17.8. The number of nitrogens with zero attached hydrogens (tertiary/aromatic N) is 6. The normalized spacial score (nSPS) is 12.2. The summed E-state index contributed by atoms with van der Waals surface area (Å²) in [5.41, 5.74) is 2.72. The van der Waals surface area contributed by atoms with Gasteiger partial charge in [0.05, 0.1) is 6.33 Å². The second kappa shape index (κ2) is 5.13. The van der Waals surface area contributed by atoms with Gasteiger partial charge in [-0.2, -0.15) is 13.2 Å². The summed E-state index contributed by atoms with van der Waals surface area (Å²) in [6, 6.07) is 1.84. The first-order valence-electron chi connectivity index (χ1n) is 7.20. The number of hydrogen-bond acceptors (Lipinski definition) is 5. The van der Waals surface area contributed by atoms with Gasteiger partial charge in [0.1, 0.15) is 17.1 Å². The van der Waals surface area contributed by atoms with Gasteiger partial charge < -0.3 is 4.98 Å².